The van der Waals surface area contributed by atoms with Gasteiger partial charge >= 0.3 is 0 Å². The van der Waals surface area contributed by atoms with Gasteiger partial charge in [0.25, 0.3) is 0 Å². The Bertz CT molecular complexity index is 924. The van der Waals surface area contributed by atoms with Crippen LogP contribution in [-0.4, -0.2) is 0 Å². The molecule has 128 valence electrons. The third-order valence-electron chi connectivity index (χ3n) is 4.01. The van der Waals surface area contributed by atoms with Crippen LogP contribution >= 0.6 is 0 Å². The number of halogens is 5. The molecule has 0 aliphatic heterocycles. The van der Waals surface area contributed by atoms with Gasteiger partial charge in [-0.1, -0.05) is 31.2 Å². The van der Waals surface area contributed by atoms with Crippen LogP contribution in [0.2, 0.25) is 0 Å². The van der Waals surface area contributed by atoms with Crippen molar-refractivity contribution in [1.29, 1.82) is 0 Å². The molecule has 3 aromatic carbocycles. The van der Waals surface area contributed by atoms with Crippen LogP contribution in [0.5, 0.6) is 0 Å². The number of rotatable bonds is 3. The van der Waals surface area contributed by atoms with Gasteiger partial charge in [-0.15, -0.1) is 0 Å². The van der Waals surface area contributed by atoms with Crippen LogP contribution < -0.4 is 0 Å². The van der Waals surface area contributed by atoms with Crippen LogP contribution in [0.25, 0.3) is 22.3 Å². The molecule has 0 aliphatic rings. The molecule has 25 heavy (non-hydrogen) atoms. The molecule has 0 heterocycles. The van der Waals surface area contributed by atoms with Gasteiger partial charge in [0.05, 0.1) is 5.56 Å². The summed E-state index contributed by atoms with van der Waals surface area (Å²) in [7, 11) is 0. The fraction of sp³-hybridized carbons (Fsp3) is 0.100. The summed E-state index contributed by atoms with van der Waals surface area (Å²) in [6, 6.07) is 9.00. The number of hydrogen-bond donors (Lipinski definition) is 0. The van der Waals surface area contributed by atoms with Crippen molar-refractivity contribution in [1.82, 2.24) is 0 Å². The fourth-order valence-corrected chi connectivity index (χ4v) is 2.72. The van der Waals surface area contributed by atoms with Crippen LogP contribution in [0.1, 0.15) is 12.5 Å². The van der Waals surface area contributed by atoms with E-state index >= 15 is 0 Å². The zero-order chi connectivity index (χ0) is 18.1. The van der Waals surface area contributed by atoms with Gasteiger partial charge in [-0.05, 0) is 35.2 Å². The monoisotopic (exact) mass is 348 g/mol. The Hall–Kier alpha value is -2.69. The largest absolute Gasteiger partial charge is 0.207 e. The Morgan fingerprint density at radius 3 is 1.80 bits per heavy atom. The summed E-state index contributed by atoms with van der Waals surface area (Å²) >= 11 is 0. The first-order valence-corrected chi connectivity index (χ1v) is 7.64. The first-order chi connectivity index (χ1) is 11.9. The predicted octanol–water partition coefficient (Wildman–Crippen LogP) is 6.28. The van der Waals surface area contributed by atoms with Crippen molar-refractivity contribution < 1.29 is 22.0 Å². The van der Waals surface area contributed by atoms with E-state index in [9.17, 15) is 22.0 Å². The van der Waals surface area contributed by atoms with E-state index in [-0.39, 0.29) is 11.1 Å². The quantitative estimate of drug-likeness (QED) is 0.489. The number of hydrogen-bond acceptors (Lipinski definition) is 0. The second-order valence-electron chi connectivity index (χ2n) is 5.60. The lowest BCUT2D eigenvalue weighted by atomic mass is 9.98. The highest BCUT2D eigenvalue weighted by molar-refractivity contribution is 5.72. The van der Waals surface area contributed by atoms with Crippen LogP contribution in [0.4, 0.5) is 22.0 Å². The summed E-state index contributed by atoms with van der Waals surface area (Å²) in [5.41, 5.74) is 0.351. The summed E-state index contributed by atoms with van der Waals surface area (Å²) in [5, 5.41) is 0. The van der Waals surface area contributed by atoms with E-state index in [1.165, 1.54) is 18.2 Å². The van der Waals surface area contributed by atoms with Gasteiger partial charge in [0.1, 0.15) is 29.1 Å². The van der Waals surface area contributed by atoms with Gasteiger partial charge in [-0.3, -0.25) is 0 Å². The van der Waals surface area contributed by atoms with E-state index in [1.54, 1.807) is 19.1 Å². The fourth-order valence-electron chi connectivity index (χ4n) is 2.72. The maximum Gasteiger partial charge on any atom is 0.136 e. The van der Waals surface area contributed by atoms with Crippen LogP contribution in [0, 0.1) is 29.1 Å². The summed E-state index contributed by atoms with van der Waals surface area (Å²) in [6.07, 6.45) is 0.511. The molecule has 5 heteroatoms. The van der Waals surface area contributed by atoms with Crippen molar-refractivity contribution in [3.8, 4) is 22.3 Å². The third kappa shape index (κ3) is 3.27. The zero-order valence-electron chi connectivity index (χ0n) is 13.2. The molecule has 3 rings (SSSR count). The topological polar surface area (TPSA) is 0 Å². The van der Waals surface area contributed by atoms with Crippen LogP contribution in [0.15, 0.2) is 48.5 Å². The molecule has 3 aromatic rings. The highest BCUT2D eigenvalue weighted by atomic mass is 19.2. The molecule has 0 spiro atoms. The van der Waals surface area contributed by atoms with Crippen molar-refractivity contribution >= 4 is 0 Å². The Balaban J connectivity index is 2.07. The second-order valence-corrected chi connectivity index (χ2v) is 5.60. The van der Waals surface area contributed by atoms with Crippen molar-refractivity contribution in [2.45, 2.75) is 13.3 Å². The SMILES string of the molecule is CCc1ccc(-c2ccc(-c3c(F)cc(F)cc3F)cc2F)cc1F. The van der Waals surface area contributed by atoms with E-state index in [0.717, 1.165) is 6.07 Å². The van der Waals surface area contributed by atoms with Gasteiger partial charge in [0.2, 0.25) is 0 Å². The summed E-state index contributed by atoms with van der Waals surface area (Å²) in [4.78, 5) is 0. The van der Waals surface area contributed by atoms with Crippen molar-refractivity contribution in [2.24, 2.45) is 0 Å². The molecule has 0 unspecified atom stereocenters. The van der Waals surface area contributed by atoms with Gasteiger partial charge in [-0.25, -0.2) is 22.0 Å². The first-order valence-electron chi connectivity index (χ1n) is 7.64. The molecular weight excluding hydrogens is 335 g/mol. The molecule has 0 atom stereocenters. The lowest BCUT2D eigenvalue weighted by molar-refractivity contribution is 0.548. The molecule has 0 aromatic heterocycles. The molecule has 0 bridgehead atoms. The zero-order valence-corrected chi connectivity index (χ0v) is 13.2. The second kappa shape index (κ2) is 6.67. The van der Waals surface area contributed by atoms with E-state index in [1.807, 2.05) is 0 Å². The predicted molar refractivity (Wildman–Crippen MR) is 86.5 cm³/mol. The molecule has 0 radical (unpaired) electrons. The summed E-state index contributed by atoms with van der Waals surface area (Å²) < 4.78 is 69.0. The number of benzene rings is 3. The minimum atomic E-state index is -1.12. The summed E-state index contributed by atoms with van der Waals surface area (Å²) in [5.74, 6) is -4.50. The lowest BCUT2D eigenvalue weighted by Crippen LogP contribution is -1.95. The van der Waals surface area contributed by atoms with Crippen molar-refractivity contribution in [3.05, 3.63) is 83.2 Å². The van der Waals surface area contributed by atoms with Crippen molar-refractivity contribution in [2.75, 3.05) is 0 Å². The highest BCUT2D eigenvalue weighted by Gasteiger charge is 2.16. The lowest BCUT2D eigenvalue weighted by Gasteiger charge is -2.10. The highest BCUT2D eigenvalue weighted by Crippen LogP contribution is 2.32. The Labute approximate surface area is 141 Å². The molecule has 0 saturated carbocycles. The molecule has 0 amide bonds. The minimum absolute atomic E-state index is 0.0677. The molecule has 0 nitrogen and oxygen atoms in total. The van der Waals surface area contributed by atoms with E-state index < -0.39 is 34.6 Å². The molecule has 0 fully saturated rings. The van der Waals surface area contributed by atoms with Gasteiger partial charge in [0, 0.05) is 17.7 Å². The van der Waals surface area contributed by atoms with Crippen LogP contribution in [-0.2, 0) is 6.42 Å². The van der Waals surface area contributed by atoms with Gasteiger partial charge < -0.3 is 0 Å². The Morgan fingerprint density at radius 1 is 0.640 bits per heavy atom. The maximum absolute atomic E-state index is 14.4. The van der Waals surface area contributed by atoms with Crippen molar-refractivity contribution in [3.63, 3.8) is 0 Å². The maximum atomic E-state index is 14.4. The van der Waals surface area contributed by atoms with E-state index in [2.05, 4.69) is 0 Å². The summed E-state index contributed by atoms with van der Waals surface area (Å²) in [6.45, 7) is 1.80. The molecule has 0 saturated heterocycles. The standard InChI is InChI=1S/C20H13F5/c1-2-11-3-4-12(7-16(11)22)15-6-5-13(8-17(15)23)20-18(24)9-14(21)10-19(20)25/h3-10H,2H2,1H3. The van der Waals surface area contributed by atoms with Gasteiger partial charge in [-0.2, -0.15) is 0 Å². The smallest absolute Gasteiger partial charge is 0.136 e. The average molecular weight is 348 g/mol. The first kappa shape index (κ1) is 17.1. The van der Waals surface area contributed by atoms with E-state index in [0.29, 0.717) is 29.7 Å². The third-order valence-corrected chi connectivity index (χ3v) is 4.01. The minimum Gasteiger partial charge on any atom is -0.207 e. The Morgan fingerprint density at radius 2 is 1.24 bits per heavy atom. The van der Waals surface area contributed by atoms with Crippen LogP contribution in [0.3, 0.4) is 0 Å². The molecular formula is C20H13F5. The molecule has 0 aliphatic carbocycles. The average Bonchev–Trinajstić information content (AvgIpc) is 2.54. The normalized spacial score (nSPS) is 11.0. The Kier molecular flexibility index (Phi) is 4.57. The van der Waals surface area contributed by atoms with E-state index in [4.69, 9.17) is 0 Å². The molecule has 0 N–H and O–H groups in total. The van der Waals surface area contributed by atoms with Gasteiger partial charge in [0.15, 0.2) is 0 Å². The number of aryl methyl sites for hydroxylation is 1.